The third-order valence-corrected chi connectivity index (χ3v) is 3.29. The van der Waals surface area contributed by atoms with Gasteiger partial charge in [-0.25, -0.2) is 0 Å². The zero-order chi connectivity index (χ0) is 10.9. The maximum Gasteiger partial charge on any atom is 0.116 e. The largest absolute Gasteiger partial charge is 0.497 e. The Kier molecular flexibility index (Phi) is 2.54. The number of rotatable bonds is 3. The van der Waals surface area contributed by atoms with E-state index in [0.717, 1.165) is 12.2 Å². The topological polar surface area (TPSA) is 42.2 Å². The predicted molar refractivity (Wildman–Crippen MR) is 55.8 cm³/mol. The number of allylic oxidation sites excluding steroid dienone is 2. The average Bonchev–Trinajstić information content (AvgIpc) is 2.26. The SMILES string of the molecule is CCOC1CC2C=CC(OC)=CC21C#N. The smallest absolute Gasteiger partial charge is 0.116 e. The molecule has 2 aliphatic rings. The number of methoxy groups -OCH3 is 1. The standard InChI is InChI=1S/C12H15NO2/c1-3-15-11-6-9-4-5-10(14-2)7-12(9,11)8-13/h4-5,7,9,11H,3,6H2,1-2H3. The summed E-state index contributed by atoms with van der Waals surface area (Å²) in [5.74, 6) is 1.05. The van der Waals surface area contributed by atoms with E-state index < -0.39 is 5.41 Å². The summed E-state index contributed by atoms with van der Waals surface area (Å²) in [7, 11) is 1.62. The van der Waals surface area contributed by atoms with Gasteiger partial charge in [-0.3, -0.25) is 0 Å². The molecule has 0 aromatic carbocycles. The Labute approximate surface area is 90.0 Å². The number of hydrogen-bond acceptors (Lipinski definition) is 3. The lowest BCUT2D eigenvalue weighted by Gasteiger charge is -2.49. The number of nitrogens with zero attached hydrogens (tertiary/aromatic N) is 1. The minimum atomic E-state index is -0.490. The predicted octanol–water partition coefficient (Wildman–Crippen LogP) is 2.02. The van der Waals surface area contributed by atoms with Crippen molar-refractivity contribution in [1.29, 1.82) is 5.26 Å². The van der Waals surface area contributed by atoms with Crippen LogP contribution in [-0.2, 0) is 9.47 Å². The van der Waals surface area contributed by atoms with Crippen molar-refractivity contribution >= 4 is 0 Å². The van der Waals surface area contributed by atoms with Gasteiger partial charge in [-0.15, -0.1) is 0 Å². The normalized spacial score (nSPS) is 37.3. The van der Waals surface area contributed by atoms with Crippen LogP contribution in [0.1, 0.15) is 13.3 Å². The molecule has 80 valence electrons. The van der Waals surface area contributed by atoms with Crippen LogP contribution in [0, 0.1) is 22.7 Å². The van der Waals surface area contributed by atoms with E-state index in [1.165, 1.54) is 0 Å². The molecule has 0 aromatic heterocycles. The van der Waals surface area contributed by atoms with E-state index in [1.807, 2.05) is 19.1 Å². The van der Waals surface area contributed by atoms with E-state index in [4.69, 9.17) is 9.47 Å². The lowest BCUT2D eigenvalue weighted by atomic mass is 9.57. The Hall–Kier alpha value is -1.27. The van der Waals surface area contributed by atoms with Gasteiger partial charge in [0.2, 0.25) is 0 Å². The maximum atomic E-state index is 9.32. The van der Waals surface area contributed by atoms with E-state index in [0.29, 0.717) is 6.61 Å². The Bertz CT molecular complexity index is 353. The van der Waals surface area contributed by atoms with Gasteiger partial charge in [0.15, 0.2) is 0 Å². The van der Waals surface area contributed by atoms with Gasteiger partial charge in [0.25, 0.3) is 0 Å². The zero-order valence-electron chi connectivity index (χ0n) is 9.06. The molecule has 1 saturated carbocycles. The summed E-state index contributed by atoms with van der Waals surface area (Å²) in [4.78, 5) is 0. The molecule has 1 fully saturated rings. The number of fused-ring (bicyclic) bond motifs is 1. The van der Waals surface area contributed by atoms with E-state index in [9.17, 15) is 5.26 Å². The van der Waals surface area contributed by atoms with Crippen LogP contribution in [0.2, 0.25) is 0 Å². The van der Waals surface area contributed by atoms with Crippen LogP contribution >= 0.6 is 0 Å². The van der Waals surface area contributed by atoms with Gasteiger partial charge in [0.1, 0.15) is 11.2 Å². The Balaban J connectivity index is 2.25. The molecule has 0 aliphatic heterocycles. The molecule has 0 radical (unpaired) electrons. The third-order valence-electron chi connectivity index (χ3n) is 3.29. The molecular formula is C12H15NO2. The summed E-state index contributed by atoms with van der Waals surface area (Å²) < 4.78 is 10.7. The highest BCUT2D eigenvalue weighted by Gasteiger charge is 2.55. The first-order chi connectivity index (χ1) is 7.26. The molecule has 0 aromatic rings. The fraction of sp³-hybridized carbons (Fsp3) is 0.583. The fourth-order valence-electron chi connectivity index (χ4n) is 2.35. The third kappa shape index (κ3) is 1.37. The molecule has 3 nitrogen and oxygen atoms in total. The minimum absolute atomic E-state index is 0.0209. The number of hydrogen-bond donors (Lipinski definition) is 0. The van der Waals surface area contributed by atoms with Gasteiger partial charge in [0.05, 0.1) is 19.3 Å². The molecular weight excluding hydrogens is 190 g/mol. The summed E-state index contributed by atoms with van der Waals surface area (Å²) >= 11 is 0. The first kappa shape index (κ1) is 10.3. The van der Waals surface area contributed by atoms with E-state index in [-0.39, 0.29) is 12.0 Å². The number of ether oxygens (including phenoxy) is 2. The van der Waals surface area contributed by atoms with Crippen LogP contribution in [0.5, 0.6) is 0 Å². The van der Waals surface area contributed by atoms with Crippen LogP contribution in [0.25, 0.3) is 0 Å². The molecule has 2 rings (SSSR count). The lowest BCUT2D eigenvalue weighted by molar-refractivity contribution is -0.0851. The van der Waals surface area contributed by atoms with Gasteiger partial charge in [-0.2, -0.15) is 5.26 Å². The highest BCUT2D eigenvalue weighted by Crippen LogP contribution is 2.52. The van der Waals surface area contributed by atoms with Crippen LogP contribution in [0.4, 0.5) is 0 Å². The first-order valence-corrected chi connectivity index (χ1v) is 5.24. The second-order valence-electron chi connectivity index (χ2n) is 3.94. The fourth-order valence-corrected chi connectivity index (χ4v) is 2.35. The molecule has 3 atom stereocenters. The molecule has 3 unspecified atom stereocenters. The molecule has 0 N–H and O–H groups in total. The summed E-state index contributed by atoms with van der Waals surface area (Å²) in [6.07, 6.45) is 6.85. The highest BCUT2D eigenvalue weighted by molar-refractivity contribution is 5.37. The Morgan fingerprint density at radius 3 is 3.07 bits per heavy atom. The second kappa shape index (κ2) is 3.71. The van der Waals surface area contributed by atoms with Gasteiger partial charge in [-0.05, 0) is 25.5 Å². The van der Waals surface area contributed by atoms with Crippen molar-refractivity contribution in [3.05, 3.63) is 24.0 Å². The van der Waals surface area contributed by atoms with E-state index in [1.54, 1.807) is 7.11 Å². The van der Waals surface area contributed by atoms with Crippen molar-refractivity contribution in [2.24, 2.45) is 11.3 Å². The molecule has 2 aliphatic carbocycles. The monoisotopic (exact) mass is 205 g/mol. The van der Waals surface area contributed by atoms with E-state index >= 15 is 0 Å². The van der Waals surface area contributed by atoms with Crippen molar-refractivity contribution in [2.45, 2.75) is 19.4 Å². The van der Waals surface area contributed by atoms with Gasteiger partial charge >= 0.3 is 0 Å². The van der Waals surface area contributed by atoms with Crippen molar-refractivity contribution in [1.82, 2.24) is 0 Å². The summed E-state index contributed by atoms with van der Waals surface area (Å²) in [6, 6.07) is 2.38. The van der Waals surface area contributed by atoms with Crippen LogP contribution in [0.3, 0.4) is 0 Å². The van der Waals surface area contributed by atoms with Crippen molar-refractivity contribution in [2.75, 3.05) is 13.7 Å². The summed E-state index contributed by atoms with van der Waals surface area (Å²) in [5, 5.41) is 9.32. The van der Waals surface area contributed by atoms with Crippen molar-refractivity contribution in [3.8, 4) is 6.07 Å². The molecule has 0 heterocycles. The van der Waals surface area contributed by atoms with Gasteiger partial charge in [-0.1, -0.05) is 6.08 Å². The van der Waals surface area contributed by atoms with Gasteiger partial charge < -0.3 is 9.47 Å². The molecule has 0 amide bonds. The second-order valence-corrected chi connectivity index (χ2v) is 3.94. The maximum absolute atomic E-state index is 9.32. The first-order valence-electron chi connectivity index (χ1n) is 5.24. The van der Waals surface area contributed by atoms with Crippen LogP contribution in [0.15, 0.2) is 24.0 Å². The molecule has 0 spiro atoms. The van der Waals surface area contributed by atoms with Crippen molar-refractivity contribution in [3.63, 3.8) is 0 Å². The Morgan fingerprint density at radius 1 is 1.67 bits per heavy atom. The molecule has 0 saturated heterocycles. The van der Waals surface area contributed by atoms with Crippen molar-refractivity contribution < 1.29 is 9.47 Å². The lowest BCUT2D eigenvalue weighted by Crippen LogP contribution is -2.52. The minimum Gasteiger partial charge on any atom is -0.497 e. The molecule has 0 bridgehead atoms. The average molecular weight is 205 g/mol. The highest BCUT2D eigenvalue weighted by atomic mass is 16.5. The van der Waals surface area contributed by atoms with Crippen LogP contribution < -0.4 is 0 Å². The van der Waals surface area contributed by atoms with E-state index in [2.05, 4.69) is 12.1 Å². The van der Waals surface area contributed by atoms with Crippen LogP contribution in [-0.4, -0.2) is 19.8 Å². The quantitative estimate of drug-likeness (QED) is 0.708. The summed E-state index contributed by atoms with van der Waals surface area (Å²) in [6.45, 7) is 2.61. The zero-order valence-corrected chi connectivity index (χ0v) is 9.06. The molecule has 3 heteroatoms. The molecule has 15 heavy (non-hydrogen) atoms. The number of nitriles is 1. The van der Waals surface area contributed by atoms with Gasteiger partial charge in [0, 0.05) is 12.5 Å². The summed E-state index contributed by atoms with van der Waals surface area (Å²) in [5.41, 5.74) is -0.490. The Morgan fingerprint density at radius 2 is 2.47 bits per heavy atom.